The molecule has 1 heterocycles. The number of methoxy groups -OCH3 is 1. The Labute approximate surface area is 105 Å². The van der Waals surface area contributed by atoms with Gasteiger partial charge in [0.1, 0.15) is 0 Å². The van der Waals surface area contributed by atoms with Crippen LogP contribution in [0, 0.1) is 0 Å². The average Bonchev–Trinajstić information content (AvgIpc) is 2.21. The molecule has 0 fully saturated rings. The van der Waals surface area contributed by atoms with Crippen LogP contribution in [0.4, 0.5) is 0 Å². The maximum absolute atomic E-state index is 5.51. The van der Waals surface area contributed by atoms with Gasteiger partial charge in [0.05, 0.1) is 19.8 Å². The molecule has 1 rings (SSSR count). The van der Waals surface area contributed by atoms with E-state index in [1.165, 1.54) is 5.57 Å². The minimum Gasteiger partial charge on any atom is -0.382 e. The Morgan fingerprint density at radius 1 is 1.47 bits per heavy atom. The number of ether oxygens (including phenoxy) is 2. The van der Waals surface area contributed by atoms with Gasteiger partial charge in [0.2, 0.25) is 0 Å². The van der Waals surface area contributed by atoms with E-state index in [-0.39, 0.29) is 17.0 Å². The van der Waals surface area contributed by atoms with Crippen LogP contribution < -0.4 is 5.73 Å². The Bertz CT molecular complexity index is 234. The number of thioether (sulfide) groups is 1. The van der Waals surface area contributed by atoms with Crippen LogP contribution in [0.25, 0.3) is 0 Å². The number of hydrogen-bond donors (Lipinski definition) is 1. The third-order valence-electron chi connectivity index (χ3n) is 1.78. The Morgan fingerprint density at radius 2 is 2.27 bits per heavy atom. The molecule has 1 aliphatic heterocycles. The normalized spacial score (nSPS) is 15.3. The molecule has 1 aliphatic rings. The zero-order valence-electron chi connectivity index (χ0n) is 8.77. The molecule has 0 bridgehead atoms. The van der Waals surface area contributed by atoms with Gasteiger partial charge in [-0.05, 0) is 12.0 Å². The Kier molecular flexibility index (Phi) is 9.18. The fourth-order valence-corrected chi connectivity index (χ4v) is 1.66. The summed E-state index contributed by atoms with van der Waals surface area (Å²) in [6.45, 7) is 2.03. The summed E-state index contributed by atoms with van der Waals surface area (Å²) >= 11 is 1.57. The molecule has 0 amide bonds. The number of nitrogens with zero attached hydrogens (tertiary/aromatic N) is 1. The van der Waals surface area contributed by atoms with Crippen LogP contribution >= 0.6 is 28.7 Å². The van der Waals surface area contributed by atoms with E-state index in [9.17, 15) is 0 Å². The molecule has 2 N–H and O–H groups in total. The summed E-state index contributed by atoms with van der Waals surface area (Å²) in [6, 6.07) is 0. The Hall–Kier alpha value is -0.0400. The molecule has 0 atom stereocenters. The second kappa shape index (κ2) is 9.21. The van der Waals surface area contributed by atoms with Gasteiger partial charge in [-0.3, -0.25) is 0 Å². The van der Waals surface area contributed by atoms with Crippen molar-refractivity contribution in [2.75, 3.05) is 32.7 Å². The highest BCUT2D eigenvalue weighted by Gasteiger charge is 2.05. The average molecular weight is 297 g/mol. The van der Waals surface area contributed by atoms with E-state index in [4.69, 9.17) is 15.2 Å². The van der Waals surface area contributed by atoms with Crippen LogP contribution in [-0.2, 0) is 9.47 Å². The van der Waals surface area contributed by atoms with Crippen LogP contribution in [0.1, 0.15) is 6.42 Å². The van der Waals surface area contributed by atoms with Crippen LogP contribution in [0.15, 0.2) is 16.8 Å². The van der Waals surface area contributed by atoms with Gasteiger partial charge >= 0.3 is 0 Å². The smallest absolute Gasteiger partial charge is 0.158 e. The van der Waals surface area contributed by atoms with E-state index in [0.29, 0.717) is 18.4 Å². The molecule has 0 aliphatic carbocycles. The number of aliphatic imine (C=N–C) groups is 1. The van der Waals surface area contributed by atoms with Crippen LogP contribution in [0.2, 0.25) is 0 Å². The van der Waals surface area contributed by atoms with Crippen LogP contribution in [-0.4, -0.2) is 37.9 Å². The highest BCUT2D eigenvalue weighted by atomic mass is 79.9. The minimum atomic E-state index is 0. The van der Waals surface area contributed by atoms with E-state index < -0.39 is 0 Å². The lowest BCUT2D eigenvalue weighted by Gasteiger charge is -2.10. The second-order valence-electron chi connectivity index (χ2n) is 2.90. The van der Waals surface area contributed by atoms with Crippen LogP contribution in [0.5, 0.6) is 0 Å². The zero-order chi connectivity index (χ0) is 10.2. The van der Waals surface area contributed by atoms with Gasteiger partial charge < -0.3 is 15.2 Å². The van der Waals surface area contributed by atoms with E-state index in [0.717, 1.165) is 18.8 Å². The first-order chi connectivity index (χ1) is 6.83. The second-order valence-corrected chi connectivity index (χ2v) is 3.89. The molecule has 0 aromatic heterocycles. The molecule has 6 heteroatoms. The first kappa shape index (κ1) is 15.0. The standard InChI is InChI=1S/C9H16N2O2S.BrH/c1-12-4-5-13-3-2-8-6-11-9(10)14-7-8;/h6H,2-5,7H2,1H3,(H2,10,11);1H. The van der Waals surface area contributed by atoms with Crippen molar-refractivity contribution in [2.24, 2.45) is 10.7 Å². The van der Waals surface area contributed by atoms with E-state index in [1.54, 1.807) is 18.9 Å². The predicted molar refractivity (Wildman–Crippen MR) is 69.8 cm³/mol. The summed E-state index contributed by atoms with van der Waals surface area (Å²) in [5, 5.41) is 0.647. The fourth-order valence-electron chi connectivity index (χ4n) is 0.980. The monoisotopic (exact) mass is 296 g/mol. The van der Waals surface area contributed by atoms with Crippen molar-refractivity contribution in [3.05, 3.63) is 11.8 Å². The minimum absolute atomic E-state index is 0. The van der Waals surface area contributed by atoms with Crippen molar-refractivity contribution in [3.63, 3.8) is 0 Å². The summed E-state index contributed by atoms with van der Waals surface area (Å²) in [5.74, 6) is 0.934. The van der Waals surface area contributed by atoms with Gasteiger partial charge in [-0.1, -0.05) is 11.8 Å². The maximum atomic E-state index is 5.51. The maximum Gasteiger partial charge on any atom is 0.158 e. The van der Waals surface area contributed by atoms with E-state index >= 15 is 0 Å². The lowest BCUT2D eigenvalue weighted by molar-refractivity contribution is 0.0723. The summed E-state index contributed by atoms with van der Waals surface area (Å²) < 4.78 is 10.2. The topological polar surface area (TPSA) is 56.8 Å². The van der Waals surface area contributed by atoms with Crippen LogP contribution in [0.3, 0.4) is 0 Å². The number of nitrogens with two attached hydrogens (primary N) is 1. The van der Waals surface area contributed by atoms with Crippen molar-refractivity contribution in [1.82, 2.24) is 0 Å². The Balaban J connectivity index is 0.00000196. The largest absolute Gasteiger partial charge is 0.382 e. The van der Waals surface area contributed by atoms with Crippen molar-refractivity contribution in [3.8, 4) is 0 Å². The van der Waals surface area contributed by atoms with E-state index in [1.807, 2.05) is 6.20 Å². The first-order valence-electron chi connectivity index (χ1n) is 4.53. The molecule has 88 valence electrons. The number of amidine groups is 1. The molecule has 0 unspecified atom stereocenters. The van der Waals surface area contributed by atoms with Gasteiger partial charge in [-0.2, -0.15) is 0 Å². The fraction of sp³-hybridized carbons (Fsp3) is 0.667. The van der Waals surface area contributed by atoms with Gasteiger partial charge in [0, 0.05) is 19.1 Å². The first-order valence-corrected chi connectivity index (χ1v) is 5.52. The van der Waals surface area contributed by atoms with Gasteiger partial charge in [0.15, 0.2) is 5.17 Å². The van der Waals surface area contributed by atoms with Gasteiger partial charge in [-0.25, -0.2) is 4.99 Å². The lowest BCUT2D eigenvalue weighted by Crippen LogP contribution is -2.11. The molecular formula is C9H17BrN2O2S. The third-order valence-corrected chi connectivity index (χ3v) is 2.70. The van der Waals surface area contributed by atoms with Gasteiger partial charge in [0.25, 0.3) is 0 Å². The lowest BCUT2D eigenvalue weighted by atomic mass is 10.2. The molecule has 0 spiro atoms. The van der Waals surface area contributed by atoms with Crippen molar-refractivity contribution >= 4 is 33.9 Å². The molecular weight excluding hydrogens is 280 g/mol. The van der Waals surface area contributed by atoms with Crippen molar-refractivity contribution in [1.29, 1.82) is 0 Å². The molecule has 0 saturated carbocycles. The highest BCUT2D eigenvalue weighted by Crippen LogP contribution is 2.16. The summed E-state index contributed by atoms with van der Waals surface area (Å²) in [7, 11) is 1.67. The summed E-state index contributed by atoms with van der Waals surface area (Å²) in [4.78, 5) is 4.04. The molecule has 0 saturated heterocycles. The summed E-state index contributed by atoms with van der Waals surface area (Å²) in [5.41, 5.74) is 6.79. The number of halogens is 1. The molecule has 0 radical (unpaired) electrons. The quantitative estimate of drug-likeness (QED) is 0.756. The SMILES string of the molecule is Br.COCCOCCC1=CN=C(N)SC1. The predicted octanol–water partition coefficient (Wildman–Crippen LogP) is 1.56. The van der Waals surface area contributed by atoms with E-state index in [2.05, 4.69) is 4.99 Å². The zero-order valence-corrected chi connectivity index (χ0v) is 11.3. The molecule has 0 aromatic carbocycles. The van der Waals surface area contributed by atoms with Gasteiger partial charge in [-0.15, -0.1) is 17.0 Å². The number of rotatable bonds is 6. The molecule has 0 aromatic rings. The molecule has 15 heavy (non-hydrogen) atoms. The van der Waals surface area contributed by atoms with Crippen molar-refractivity contribution in [2.45, 2.75) is 6.42 Å². The molecule has 4 nitrogen and oxygen atoms in total. The highest BCUT2D eigenvalue weighted by molar-refractivity contribution is 8.93. The van der Waals surface area contributed by atoms with Crippen molar-refractivity contribution < 1.29 is 9.47 Å². The Morgan fingerprint density at radius 3 is 2.87 bits per heavy atom. The summed E-state index contributed by atoms with van der Waals surface area (Å²) in [6.07, 6.45) is 2.76. The third kappa shape index (κ3) is 6.94. The number of hydrogen-bond acceptors (Lipinski definition) is 5.